The molecule has 0 bridgehead atoms. The summed E-state index contributed by atoms with van der Waals surface area (Å²) in [6.45, 7) is 0. The van der Waals surface area contributed by atoms with Crippen molar-refractivity contribution in [3.63, 3.8) is 0 Å². The Bertz CT molecular complexity index is 1090. The van der Waals surface area contributed by atoms with Gasteiger partial charge in [-0.15, -0.1) is 11.3 Å². The van der Waals surface area contributed by atoms with Crippen molar-refractivity contribution in [2.75, 3.05) is 0 Å². The Hall–Kier alpha value is -2.78. The third kappa shape index (κ3) is 2.35. The molecule has 0 saturated carbocycles. The molecule has 4 aromatic rings. The van der Waals surface area contributed by atoms with E-state index in [-0.39, 0.29) is 11.2 Å². The normalized spacial score (nSPS) is 11.0. The standard InChI is InChI=1S/C20H12O2S/c21-19(13-6-2-1-3-7-13)14-10-11-16-18(12-14)23-17-9-5-4-8-15(17)20(16)22/h1-12H. The minimum atomic E-state index is -0.0275. The van der Waals surface area contributed by atoms with Crippen molar-refractivity contribution >= 4 is 37.3 Å². The van der Waals surface area contributed by atoms with Crippen LogP contribution in [0.25, 0.3) is 20.2 Å². The molecule has 0 atom stereocenters. The second-order valence-corrected chi connectivity index (χ2v) is 6.42. The molecule has 23 heavy (non-hydrogen) atoms. The van der Waals surface area contributed by atoms with Gasteiger partial charge in [0.25, 0.3) is 0 Å². The lowest BCUT2D eigenvalue weighted by Gasteiger charge is -2.04. The van der Waals surface area contributed by atoms with Gasteiger partial charge in [0.15, 0.2) is 11.2 Å². The molecule has 3 heteroatoms. The number of benzene rings is 3. The molecule has 0 unspecified atom stereocenters. The van der Waals surface area contributed by atoms with Gasteiger partial charge in [0.05, 0.1) is 0 Å². The average Bonchev–Trinajstić information content (AvgIpc) is 2.61. The molecule has 3 aromatic carbocycles. The van der Waals surface area contributed by atoms with Crippen LogP contribution in [0.1, 0.15) is 15.9 Å². The van der Waals surface area contributed by atoms with E-state index < -0.39 is 0 Å². The molecule has 0 aliphatic heterocycles. The number of rotatable bonds is 2. The largest absolute Gasteiger partial charge is 0.289 e. The van der Waals surface area contributed by atoms with Crippen LogP contribution in [-0.4, -0.2) is 5.78 Å². The van der Waals surface area contributed by atoms with Gasteiger partial charge in [-0.05, 0) is 24.3 Å². The lowest BCUT2D eigenvalue weighted by atomic mass is 10.0. The smallest absolute Gasteiger partial charge is 0.195 e. The van der Waals surface area contributed by atoms with Gasteiger partial charge >= 0.3 is 0 Å². The van der Waals surface area contributed by atoms with Crippen LogP contribution in [0.5, 0.6) is 0 Å². The van der Waals surface area contributed by atoms with Gasteiger partial charge in [0, 0.05) is 31.3 Å². The van der Waals surface area contributed by atoms with Gasteiger partial charge in [-0.25, -0.2) is 0 Å². The van der Waals surface area contributed by atoms with Crippen molar-refractivity contribution in [1.29, 1.82) is 0 Å². The van der Waals surface area contributed by atoms with E-state index in [4.69, 9.17) is 0 Å². The van der Waals surface area contributed by atoms with Crippen LogP contribution < -0.4 is 5.43 Å². The van der Waals surface area contributed by atoms with Crippen LogP contribution in [0, 0.1) is 0 Å². The number of carbonyl (C=O) groups is 1. The third-order valence-electron chi connectivity index (χ3n) is 3.88. The predicted molar refractivity (Wildman–Crippen MR) is 95.5 cm³/mol. The first-order chi connectivity index (χ1) is 11.2. The maximum absolute atomic E-state index is 12.6. The van der Waals surface area contributed by atoms with E-state index in [1.54, 1.807) is 24.3 Å². The van der Waals surface area contributed by atoms with Gasteiger partial charge in [-0.3, -0.25) is 9.59 Å². The number of hydrogen-bond donors (Lipinski definition) is 0. The second-order valence-electron chi connectivity index (χ2n) is 5.33. The highest BCUT2D eigenvalue weighted by Gasteiger charge is 2.11. The fraction of sp³-hybridized carbons (Fsp3) is 0. The SMILES string of the molecule is O=C(c1ccccc1)c1ccc2c(=O)c3ccccc3sc2c1. The summed E-state index contributed by atoms with van der Waals surface area (Å²) < 4.78 is 1.78. The van der Waals surface area contributed by atoms with Crippen molar-refractivity contribution in [3.05, 3.63) is 94.1 Å². The Labute approximate surface area is 136 Å². The number of carbonyl (C=O) groups excluding carboxylic acids is 1. The summed E-state index contributed by atoms with van der Waals surface area (Å²) in [5, 5.41) is 1.39. The van der Waals surface area contributed by atoms with Crippen molar-refractivity contribution < 1.29 is 4.79 Å². The molecule has 0 amide bonds. The zero-order valence-electron chi connectivity index (χ0n) is 12.2. The van der Waals surface area contributed by atoms with Crippen LogP contribution in [0.4, 0.5) is 0 Å². The van der Waals surface area contributed by atoms with Crippen molar-refractivity contribution in [3.8, 4) is 0 Å². The van der Waals surface area contributed by atoms with Gasteiger partial charge in [0.2, 0.25) is 0 Å². The Morgan fingerprint density at radius 1 is 0.696 bits per heavy atom. The molecule has 4 rings (SSSR count). The van der Waals surface area contributed by atoms with Gasteiger partial charge in [-0.1, -0.05) is 48.5 Å². The van der Waals surface area contributed by atoms with Gasteiger partial charge < -0.3 is 0 Å². The van der Waals surface area contributed by atoms with E-state index >= 15 is 0 Å². The molecule has 1 aromatic heterocycles. The summed E-state index contributed by atoms with van der Waals surface area (Å²) in [6.07, 6.45) is 0. The van der Waals surface area contributed by atoms with Gasteiger partial charge in [-0.2, -0.15) is 0 Å². The first-order valence-electron chi connectivity index (χ1n) is 7.29. The fourth-order valence-corrected chi connectivity index (χ4v) is 3.81. The topological polar surface area (TPSA) is 34.1 Å². The Morgan fingerprint density at radius 2 is 1.39 bits per heavy atom. The molecule has 0 radical (unpaired) electrons. The first kappa shape index (κ1) is 13.9. The minimum Gasteiger partial charge on any atom is -0.289 e. The monoisotopic (exact) mass is 316 g/mol. The number of hydrogen-bond acceptors (Lipinski definition) is 3. The molecule has 0 saturated heterocycles. The molecule has 0 aliphatic carbocycles. The van der Waals surface area contributed by atoms with E-state index in [0.29, 0.717) is 16.5 Å². The highest BCUT2D eigenvalue weighted by atomic mass is 32.1. The Balaban J connectivity index is 1.93. The summed E-state index contributed by atoms with van der Waals surface area (Å²) in [6, 6.07) is 22.1. The van der Waals surface area contributed by atoms with Crippen LogP contribution in [0.15, 0.2) is 77.6 Å². The van der Waals surface area contributed by atoms with E-state index in [2.05, 4.69) is 0 Å². The predicted octanol–water partition coefficient (Wildman–Crippen LogP) is 4.65. The molecule has 2 nitrogen and oxygen atoms in total. The van der Waals surface area contributed by atoms with Crippen LogP contribution in [0.2, 0.25) is 0 Å². The molecular formula is C20H12O2S. The van der Waals surface area contributed by atoms with Crippen molar-refractivity contribution in [2.45, 2.75) is 0 Å². The molecule has 0 N–H and O–H groups in total. The molecule has 0 spiro atoms. The summed E-state index contributed by atoms with van der Waals surface area (Å²) in [7, 11) is 0. The Morgan fingerprint density at radius 3 is 2.22 bits per heavy atom. The van der Waals surface area contributed by atoms with Crippen LogP contribution >= 0.6 is 11.3 Å². The highest BCUT2D eigenvalue weighted by molar-refractivity contribution is 7.24. The highest BCUT2D eigenvalue weighted by Crippen LogP contribution is 2.26. The molecule has 110 valence electrons. The van der Waals surface area contributed by atoms with E-state index in [1.165, 1.54) is 11.3 Å². The van der Waals surface area contributed by atoms with E-state index in [0.717, 1.165) is 14.8 Å². The lowest BCUT2D eigenvalue weighted by molar-refractivity contribution is 0.103. The van der Waals surface area contributed by atoms with Gasteiger partial charge in [0.1, 0.15) is 0 Å². The molecule has 0 aliphatic rings. The number of ketones is 1. The van der Waals surface area contributed by atoms with Crippen LogP contribution in [0.3, 0.4) is 0 Å². The third-order valence-corrected chi connectivity index (χ3v) is 5.01. The zero-order valence-corrected chi connectivity index (χ0v) is 13.0. The van der Waals surface area contributed by atoms with E-state index in [1.807, 2.05) is 48.5 Å². The number of fused-ring (bicyclic) bond motifs is 2. The lowest BCUT2D eigenvalue weighted by Crippen LogP contribution is -2.04. The molecule has 0 fully saturated rings. The summed E-state index contributed by atoms with van der Waals surface area (Å²) in [4.78, 5) is 25.1. The molecule has 1 heterocycles. The average molecular weight is 316 g/mol. The maximum Gasteiger partial charge on any atom is 0.195 e. The van der Waals surface area contributed by atoms with Crippen molar-refractivity contribution in [1.82, 2.24) is 0 Å². The minimum absolute atomic E-state index is 0.0214. The maximum atomic E-state index is 12.6. The summed E-state index contributed by atoms with van der Waals surface area (Å²) in [5.74, 6) is -0.0275. The second kappa shape index (κ2) is 5.45. The van der Waals surface area contributed by atoms with Crippen LogP contribution in [-0.2, 0) is 0 Å². The molecular weight excluding hydrogens is 304 g/mol. The zero-order chi connectivity index (χ0) is 15.8. The fourth-order valence-electron chi connectivity index (χ4n) is 2.70. The summed E-state index contributed by atoms with van der Waals surface area (Å²) >= 11 is 1.54. The Kier molecular flexibility index (Phi) is 3.28. The quantitative estimate of drug-likeness (QED) is 0.398. The van der Waals surface area contributed by atoms with E-state index in [9.17, 15) is 9.59 Å². The first-order valence-corrected chi connectivity index (χ1v) is 8.11. The van der Waals surface area contributed by atoms with Crippen molar-refractivity contribution in [2.24, 2.45) is 0 Å². The summed E-state index contributed by atoms with van der Waals surface area (Å²) in [5.41, 5.74) is 1.28.